The molecule has 0 radical (unpaired) electrons. The number of carbonyl (C=O) groups excluding carboxylic acids is 13. The van der Waals surface area contributed by atoms with Crippen molar-refractivity contribution in [3.05, 3.63) is 59.7 Å². The van der Waals surface area contributed by atoms with Gasteiger partial charge < -0.3 is 108 Å². The number of aliphatic imine (C=N–C) groups is 1. The molecule has 0 aliphatic rings. The number of nitrogens with two attached hydrogens (primary N) is 6. The fourth-order valence-corrected chi connectivity index (χ4v) is 11.1. The van der Waals surface area contributed by atoms with E-state index < -0.39 is 179 Å². The molecular weight excluding hydrogens is 1390 g/mol. The first-order valence-corrected chi connectivity index (χ1v) is 36.5. The third-order valence-electron chi connectivity index (χ3n) is 18.0. The third-order valence-corrected chi connectivity index (χ3v) is 18.0. The van der Waals surface area contributed by atoms with E-state index in [-0.39, 0.29) is 113 Å². The van der Waals surface area contributed by atoms with Gasteiger partial charge in [0, 0.05) is 19.4 Å². The van der Waals surface area contributed by atoms with E-state index >= 15 is 0 Å². The van der Waals surface area contributed by atoms with Gasteiger partial charge in [-0.1, -0.05) is 113 Å². The number of rotatable bonds is 50. The predicted molar refractivity (Wildman–Crippen MR) is 398 cm³/mol. The maximum atomic E-state index is 14.7. The maximum absolute atomic E-state index is 14.7. The second-order valence-corrected chi connectivity index (χ2v) is 28.1. The van der Waals surface area contributed by atoms with E-state index in [1.165, 1.54) is 43.3 Å². The second kappa shape index (κ2) is 47.4. The Bertz CT molecular complexity index is 3320. The standard InChI is InChI=1S/C72H118N18O17/c1-12-39(8)57(70(105)87-53(35-44-22-26-46(92)27-23-44)66(101)82-48(18-15-16-30-73)63(98)86-54(36-56(76)94)68(103)90-59(71(106)107)41(10)14-3)88-60(95)42(11)80-62(97)49(19-17-31-79-72(77)78)83-69(104)58(40(9)13-2)89-67(102)52(33-38(6)7)85-65(100)51(32-37(4)5)84-64(99)50(28-29-55(75)93)81-61(96)47(74)34-43-20-24-45(91)25-21-43/h20-27,37-42,47-54,57-59,91-92H,12-19,28-36,73-74H2,1-11H3,(H2,75,93)(H2,76,94)(H,80,97)(H,81,96)(H,82,101)(H,83,104)(H,84,99)(H,85,100)(H,86,98)(H,87,105)(H,88,95)(H,89,102)(H,90,103)(H,106,107)(H4,77,78,79)/t39-,40-,41-,42-,47-,48-,49-,50-,51-,52-,53-,54-,57-,58-,59-/m0/s1. The summed E-state index contributed by atoms with van der Waals surface area (Å²) in [6.45, 7) is 18.7. The maximum Gasteiger partial charge on any atom is 0.326 e. The third kappa shape index (κ3) is 34.3. The molecule has 0 spiro atoms. The number of benzene rings is 2. The van der Waals surface area contributed by atoms with Crippen LogP contribution < -0.4 is 92.9 Å². The van der Waals surface area contributed by atoms with Crippen LogP contribution in [0.1, 0.15) is 171 Å². The molecule has 0 unspecified atom stereocenters. The number of amides is 13. The number of nitrogens with zero attached hydrogens (tertiary/aromatic N) is 1. The summed E-state index contributed by atoms with van der Waals surface area (Å²) in [4.78, 5) is 197. The van der Waals surface area contributed by atoms with E-state index in [9.17, 15) is 82.4 Å². The summed E-state index contributed by atoms with van der Waals surface area (Å²) in [5.74, 6) is -15.6. The molecule has 2 aromatic carbocycles. The Morgan fingerprint density at radius 2 is 0.766 bits per heavy atom. The molecule has 0 fully saturated rings. The van der Waals surface area contributed by atoms with Crippen molar-refractivity contribution in [1.29, 1.82) is 0 Å². The molecule has 35 nitrogen and oxygen atoms in total. The summed E-state index contributed by atoms with van der Waals surface area (Å²) < 4.78 is 0. The Morgan fingerprint density at radius 3 is 1.21 bits per heavy atom. The summed E-state index contributed by atoms with van der Waals surface area (Å²) in [6.07, 6.45) is -0.128. The predicted octanol–water partition coefficient (Wildman–Crippen LogP) is -1.80. The lowest BCUT2D eigenvalue weighted by atomic mass is 9.95. The first-order chi connectivity index (χ1) is 50.2. The number of carboxylic acid groups (broad SMARTS) is 1. The quantitative estimate of drug-likeness (QED) is 0.0197. The molecule has 0 saturated heterocycles. The van der Waals surface area contributed by atoms with Crippen LogP contribution >= 0.6 is 0 Å². The van der Waals surface area contributed by atoms with Gasteiger partial charge in [-0.3, -0.25) is 67.3 Å². The van der Waals surface area contributed by atoms with Crippen LogP contribution in [0.25, 0.3) is 0 Å². The summed E-state index contributed by atoms with van der Waals surface area (Å²) in [5, 5.41) is 58.5. The molecule has 13 amide bonds. The molecule has 0 heterocycles. The number of aliphatic carboxylic acids is 1. The smallest absolute Gasteiger partial charge is 0.326 e. The van der Waals surface area contributed by atoms with Crippen molar-refractivity contribution in [3.63, 3.8) is 0 Å². The van der Waals surface area contributed by atoms with Gasteiger partial charge in [-0.2, -0.15) is 0 Å². The first-order valence-electron chi connectivity index (χ1n) is 36.5. The lowest BCUT2D eigenvalue weighted by Gasteiger charge is -2.30. The van der Waals surface area contributed by atoms with Crippen LogP contribution in [-0.4, -0.2) is 190 Å². The van der Waals surface area contributed by atoms with Gasteiger partial charge in [-0.05, 0) is 136 Å². The molecule has 26 N–H and O–H groups in total. The lowest BCUT2D eigenvalue weighted by Crippen LogP contribution is -2.62. The lowest BCUT2D eigenvalue weighted by molar-refractivity contribution is -0.144. The highest BCUT2D eigenvalue weighted by molar-refractivity contribution is 6.00. The molecule has 0 aliphatic carbocycles. The molecule has 598 valence electrons. The molecule has 35 heteroatoms. The number of carboxylic acids is 1. The number of carbonyl (C=O) groups is 14. The normalized spacial score (nSPS) is 15.4. The second-order valence-electron chi connectivity index (χ2n) is 28.1. The van der Waals surface area contributed by atoms with Crippen LogP contribution in [0.15, 0.2) is 53.5 Å². The Hall–Kier alpha value is -10.2. The Labute approximate surface area is 625 Å². The average Bonchev–Trinajstić information content (AvgIpc) is 0.849. The summed E-state index contributed by atoms with van der Waals surface area (Å²) in [7, 11) is 0. The number of aromatic hydroxyl groups is 2. The molecule has 2 aromatic rings. The summed E-state index contributed by atoms with van der Waals surface area (Å²) >= 11 is 0. The molecule has 2 rings (SSSR count). The van der Waals surface area contributed by atoms with Gasteiger partial charge in [0.25, 0.3) is 0 Å². The number of guanidine groups is 1. The van der Waals surface area contributed by atoms with E-state index in [1.54, 1.807) is 81.4 Å². The van der Waals surface area contributed by atoms with Gasteiger partial charge in [0.05, 0.1) is 12.5 Å². The van der Waals surface area contributed by atoms with Gasteiger partial charge in [0.2, 0.25) is 76.8 Å². The molecule has 0 aromatic heterocycles. The average molecular weight is 1510 g/mol. The van der Waals surface area contributed by atoms with E-state index in [0.717, 1.165) is 0 Å². The van der Waals surface area contributed by atoms with E-state index in [1.807, 2.05) is 0 Å². The number of primary amides is 2. The largest absolute Gasteiger partial charge is 0.508 e. The van der Waals surface area contributed by atoms with Crippen molar-refractivity contribution in [2.24, 2.45) is 69.0 Å². The van der Waals surface area contributed by atoms with E-state index in [2.05, 4.69) is 63.5 Å². The number of unbranched alkanes of at least 4 members (excludes halogenated alkanes) is 1. The van der Waals surface area contributed by atoms with Crippen molar-refractivity contribution >= 4 is 88.7 Å². The van der Waals surface area contributed by atoms with E-state index in [4.69, 9.17) is 34.4 Å². The molecule has 0 bridgehead atoms. The van der Waals surface area contributed by atoms with Crippen LogP contribution in [0.2, 0.25) is 0 Å². The van der Waals surface area contributed by atoms with Crippen LogP contribution in [0.3, 0.4) is 0 Å². The van der Waals surface area contributed by atoms with Crippen LogP contribution in [-0.2, 0) is 80.0 Å². The van der Waals surface area contributed by atoms with Crippen LogP contribution in [0, 0.1) is 29.6 Å². The van der Waals surface area contributed by atoms with Gasteiger partial charge >= 0.3 is 5.97 Å². The Kier molecular flexibility index (Phi) is 41.1. The van der Waals surface area contributed by atoms with Crippen LogP contribution in [0.4, 0.5) is 0 Å². The Morgan fingerprint density at radius 1 is 0.402 bits per heavy atom. The molecule has 0 saturated carbocycles. The van der Waals surface area contributed by atoms with Crippen LogP contribution in [0.5, 0.6) is 11.5 Å². The fourth-order valence-electron chi connectivity index (χ4n) is 11.1. The molecule has 107 heavy (non-hydrogen) atoms. The van der Waals surface area contributed by atoms with Crippen molar-refractivity contribution < 1.29 is 82.4 Å². The number of nitrogens with one attached hydrogen (secondary N) is 11. The zero-order valence-corrected chi connectivity index (χ0v) is 63.4. The highest BCUT2D eigenvalue weighted by atomic mass is 16.4. The monoisotopic (exact) mass is 1510 g/mol. The summed E-state index contributed by atoms with van der Waals surface area (Å²) in [5.41, 5.74) is 35.1. The molecule has 15 atom stereocenters. The van der Waals surface area contributed by atoms with Gasteiger partial charge in [-0.15, -0.1) is 0 Å². The van der Waals surface area contributed by atoms with Gasteiger partial charge in [0.15, 0.2) is 5.96 Å². The van der Waals surface area contributed by atoms with Crippen molar-refractivity contribution in [1.82, 2.24) is 58.5 Å². The SMILES string of the molecule is CC[C@H](C)[C@H](NC(=O)[C@H](CC(N)=O)NC(=O)[C@H](CCCCN)NC(=O)[C@H](Cc1ccc(O)cc1)NC(=O)[C@@H](NC(=O)[C@H](C)NC(=O)[C@H](CCCN=C(N)N)NC(=O)[C@@H](NC(=O)[C@H](CC(C)C)NC(=O)[C@H](CC(C)C)NC(=O)[C@H](CCC(N)=O)NC(=O)[C@@H](N)Cc1ccc(O)cc1)[C@@H](C)CC)[C@@H](C)CC)C(=O)O. The number of phenolic OH excluding ortho intramolecular Hbond substituents is 2. The fraction of sp³-hybridized carbons (Fsp3) is 0.625. The van der Waals surface area contributed by atoms with E-state index in [0.29, 0.717) is 30.4 Å². The minimum atomic E-state index is -1.69. The van der Waals surface area contributed by atoms with Crippen molar-refractivity contribution in [2.45, 2.75) is 245 Å². The molecular formula is C72H118N18O17. The Balaban J connectivity index is 2.52. The zero-order chi connectivity index (χ0) is 80.9. The van der Waals surface area contributed by atoms with Gasteiger partial charge in [-0.25, -0.2) is 4.79 Å². The number of phenols is 2. The molecule has 0 aliphatic heterocycles. The number of hydrogen-bond acceptors (Lipinski definition) is 19. The highest BCUT2D eigenvalue weighted by Crippen LogP contribution is 2.19. The van der Waals surface area contributed by atoms with Gasteiger partial charge in [0.1, 0.15) is 78.0 Å². The highest BCUT2D eigenvalue weighted by Gasteiger charge is 2.39. The van der Waals surface area contributed by atoms with Crippen molar-refractivity contribution in [2.75, 3.05) is 13.1 Å². The topological polar surface area (TPSA) is 600 Å². The minimum Gasteiger partial charge on any atom is -0.508 e. The first kappa shape index (κ1) is 92.9. The minimum absolute atomic E-state index is 0.00375. The summed E-state index contributed by atoms with van der Waals surface area (Å²) in [6, 6.07) is -5.35. The van der Waals surface area contributed by atoms with Crippen molar-refractivity contribution in [3.8, 4) is 11.5 Å². The number of hydrogen-bond donors (Lipinski definition) is 20. The zero-order valence-electron chi connectivity index (χ0n) is 63.4.